The maximum absolute atomic E-state index is 12.6. The number of nitrogens with one attached hydrogen (secondary N) is 1. The van der Waals surface area contributed by atoms with Gasteiger partial charge in [-0.2, -0.15) is 0 Å². The van der Waals surface area contributed by atoms with Crippen LogP contribution < -0.4 is 10.1 Å². The fourth-order valence-electron chi connectivity index (χ4n) is 3.73. The lowest BCUT2D eigenvalue weighted by atomic mass is 10.0. The molecule has 0 spiro atoms. The molecule has 2 aliphatic heterocycles. The molecule has 0 aromatic heterocycles. The van der Waals surface area contributed by atoms with Crippen LogP contribution in [0.25, 0.3) is 0 Å². The fraction of sp³-hybridized carbons (Fsp3) is 0.579. The highest BCUT2D eigenvalue weighted by molar-refractivity contribution is 5.89. The van der Waals surface area contributed by atoms with E-state index in [2.05, 4.69) is 25.2 Å². The number of ether oxygens (including phenoxy) is 1. The van der Waals surface area contributed by atoms with Crippen LogP contribution in [-0.2, 0) is 9.59 Å². The first-order valence-electron chi connectivity index (χ1n) is 8.86. The first-order chi connectivity index (χ1) is 11.5. The van der Waals surface area contributed by atoms with Crippen LogP contribution in [0.4, 0.5) is 0 Å². The van der Waals surface area contributed by atoms with E-state index in [4.69, 9.17) is 4.74 Å². The SMILES string of the molecule is CCC(CC)N1CC(C(=O)NC2COc3ccc(C)cc32)CC1=O. The van der Waals surface area contributed by atoms with Crippen molar-refractivity contribution in [1.29, 1.82) is 0 Å². The molecule has 0 radical (unpaired) electrons. The molecule has 1 aromatic carbocycles. The summed E-state index contributed by atoms with van der Waals surface area (Å²) < 4.78 is 5.65. The molecule has 1 fully saturated rings. The van der Waals surface area contributed by atoms with Gasteiger partial charge >= 0.3 is 0 Å². The summed E-state index contributed by atoms with van der Waals surface area (Å²) >= 11 is 0. The number of hydrogen-bond donors (Lipinski definition) is 1. The molecule has 3 rings (SSSR count). The van der Waals surface area contributed by atoms with Gasteiger partial charge in [0.15, 0.2) is 0 Å². The van der Waals surface area contributed by atoms with Crippen molar-refractivity contribution in [3.05, 3.63) is 29.3 Å². The molecule has 2 atom stereocenters. The van der Waals surface area contributed by atoms with Gasteiger partial charge < -0.3 is 15.0 Å². The number of benzene rings is 1. The molecule has 0 saturated carbocycles. The summed E-state index contributed by atoms with van der Waals surface area (Å²) in [7, 11) is 0. The molecule has 2 aliphatic rings. The van der Waals surface area contributed by atoms with Gasteiger partial charge in [0.25, 0.3) is 0 Å². The standard InChI is InChI=1S/C19H26N2O3/c1-4-14(5-2)21-10-13(9-18(21)22)19(23)20-16-11-24-17-7-6-12(3)8-15(16)17/h6-8,13-14,16H,4-5,9-11H2,1-3H3,(H,20,23). The fourth-order valence-corrected chi connectivity index (χ4v) is 3.73. The number of rotatable bonds is 5. The molecule has 0 bridgehead atoms. The monoisotopic (exact) mass is 330 g/mol. The van der Waals surface area contributed by atoms with E-state index >= 15 is 0 Å². The number of aryl methyl sites for hydroxylation is 1. The maximum Gasteiger partial charge on any atom is 0.226 e. The second-order valence-corrected chi connectivity index (χ2v) is 6.83. The topological polar surface area (TPSA) is 58.6 Å². The van der Waals surface area contributed by atoms with Gasteiger partial charge in [-0.1, -0.05) is 31.5 Å². The van der Waals surface area contributed by atoms with E-state index in [1.54, 1.807) is 0 Å². The first kappa shape index (κ1) is 16.8. The first-order valence-corrected chi connectivity index (χ1v) is 8.86. The Kier molecular flexibility index (Phi) is 4.78. The van der Waals surface area contributed by atoms with E-state index in [-0.39, 0.29) is 29.8 Å². The van der Waals surface area contributed by atoms with E-state index in [0.717, 1.165) is 29.7 Å². The van der Waals surface area contributed by atoms with Gasteiger partial charge in [0.1, 0.15) is 12.4 Å². The van der Waals surface area contributed by atoms with Crippen molar-refractivity contribution in [3.63, 3.8) is 0 Å². The minimum atomic E-state index is -0.257. The van der Waals surface area contributed by atoms with Crippen LogP contribution in [0.15, 0.2) is 18.2 Å². The van der Waals surface area contributed by atoms with Crippen molar-refractivity contribution in [2.24, 2.45) is 5.92 Å². The van der Waals surface area contributed by atoms with Gasteiger partial charge in [0, 0.05) is 24.6 Å². The molecule has 1 aromatic rings. The maximum atomic E-state index is 12.6. The summed E-state index contributed by atoms with van der Waals surface area (Å²) in [6.45, 7) is 7.20. The number of likely N-dealkylation sites (tertiary alicyclic amines) is 1. The molecule has 1 saturated heterocycles. The Morgan fingerprint density at radius 2 is 2.12 bits per heavy atom. The van der Waals surface area contributed by atoms with E-state index in [9.17, 15) is 9.59 Å². The third-order valence-corrected chi connectivity index (χ3v) is 5.18. The number of nitrogens with zero attached hydrogens (tertiary/aromatic N) is 1. The predicted molar refractivity (Wildman–Crippen MR) is 91.7 cm³/mol. The van der Waals surface area contributed by atoms with Crippen LogP contribution in [-0.4, -0.2) is 35.9 Å². The second kappa shape index (κ2) is 6.83. The van der Waals surface area contributed by atoms with Crippen LogP contribution in [0.1, 0.15) is 50.3 Å². The van der Waals surface area contributed by atoms with Gasteiger partial charge in [0.2, 0.25) is 11.8 Å². The van der Waals surface area contributed by atoms with E-state index in [1.165, 1.54) is 0 Å². The third kappa shape index (κ3) is 3.12. The van der Waals surface area contributed by atoms with Gasteiger partial charge in [-0.3, -0.25) is 9.59 Å². The van der Waals surface area contributed by atoms with Gasteiger partial charge in [-0.15, -0.1) is 0 Å². The zero-order chi connectivity index (χ0) is 17.3. The highest BCUT2D eigenvalue weighted by atomic mass is 16.5. The lowest BCUT2D eigenvalue weighted by Crippen LogP contribution is -2.38. The molecule has 1 N–H and O–H groups in total. The second-order valence-electron chi connectivity index (χ2n) is 6.83. The highest BCUT2D eigenvalue weighted by Crippen LogP contribution is 2.33. The van der Waals surface area contributed by atoms with E-state index < -0.39 is 0 Å². The Hall–Kier alpha value is -2.04. The minimum Gasteiger partial charge on any atom is -0.491 e. The zero-order valence-corrected chi connectivity index (χ0v) is 14.7. The molecule has 24 heavy (non-hydrogen) atoms. The summed E-state index contributed by atoms with van der Waals surface area (Å²) in [5.41, 5.74) is 2.18. The van der Waals surface area contributed by atoms with E-state index in [1.807, 2.05) is 24.0 Å². The number of amides is 2. The minimum absolute atomic E-state index is 0.0419. The van der Waals surface area contributed by atoms with Gasteiger partial charge in [-0.05, 0) is 25.8 Å². The van der Waals surface area contributed by atoms with Crippen LogP contribution in [0.2, 0.25) is 0 Å². The Bertz CT molecular complexity index is 639. The predicted octanol–water partition coefficient (Wildman–Crippen LogP) is 2.58. The van der Waals surface area contributed by atoms with Crippen molar-refractivity contribution >= 4 is 11.8 Å². The van der Waals surface area contributed by atoms with Crippen molar-refractivity contribution in [2.75, 3.05) is 13.2 Å². The average molecular weight is 330 g/mol. The zero-order valence-electron chi connectivity index (χ0n) is 14.7. The summed E-state index contributed by atoms with van der Waals surface area (Å²) in [4.78, 5) is 26.8. The Morgan fingerprint density at radius 1 is 1.38 bits per heavy atom. The molecule has 2 amide bonds. The molecule has 5 heteroatoms. The summed E-state index contributed by atoms with van der Waals surface area (Å²) in [5.74, 6) is 0.640. The van der Waals surface area contributed by atoms with Crippen LogP contribution in [0, 0.1) is 12.8 Å². The van der Waals surface area contributed by atoms with Crippen LogP contribution >= 0.6 is 0 Å². The molecule has 5 nitrogen and oxygen atoms in total. The quantitative estimate of drug-likeness (QED) is 0.903. The summed E-state index contributed by atoms with van der Waals surface area (Å²) in [5, 5.41) is 3.08. The molecule has 2 unspecified atom stereocenters. The van der Waals surface area contributed by atoms with Crippen molar-refractivity contribution < 1.29 is 14.3 Å². The highest BCUT2D eigenvalue weighted by Gasteiger charge is 2.38. The summed E-state index contributed by atoms with van der Waals surface area (Å²) in [6.07, 6.45) is 2.18. The average Bonchev–Trinajstić information content (AvgIpc) is 3.13. The van der Waals surface area contributed by atoms with E-state index in [0.29, 0.717) is 19.6 Å². The lowest BCUT2D eigenvalue weighted by Gasteiger charge is -2.26. The van der Waals surface area contributed by atoms with Crippen molar-refractivity contribution in [1.82, 2.24) is 10.2 Å². The van der Waals surface area contributed by atoms with Crippen molar-refractivity contribution in [3.8, 4) is 5.75 Å². The lowest BCUT2D eigenvalue weighted by molar-refractivity contribution is -0.130. The normalized spacial score (nSPS) is 22.7. The number of hydrogen-bond acceptors (Lipinski definition) is 3. The molecular weight excluding hydrogens is 304 g/mol. The largest absolute Gasteiger partial charge is 0.491 e. The number of fused-ring (bicyclic) bond motifs is 1. The van der Waals surface area contributed by atoms with Gasteiger partial charge in [0.05, 0.1) is 12.0 Å². The Morgan fingerprint density at radius 3 is 2.83 bits per heavy atom. The molecular formula is C19H26N2O3. The molecule has 0 aliphatic carbocycles. The Balaban J connectivity index is 1.65. The van der Waals surface area contributed by atoms with Crippen LogP contribution in [0.3, 0.4) is 0 Å². The van der Waals surface area contributed by atoms with Crippen molar-refractivity contribution in [2.45, 2.75) is 52.1 Å². The summed E-state index contributed by atoms with van der Waals surface area (Å²) in [6, 6.07) is 6.14. The third-order valence-electron chi connectivity index (χ3n) is 5.18. The molecule has 2 heterocycles. The van der Waals surface area contributed by atoms with Crippen LogP contribution in [0.5, 0.6) is 5.75 Å². The molecule has 130 valence electrons. The number of carbonyl (C=O) groups is 2. The smallest absolute Gasteiger partial charge is 0.226 e. The van der Waals surface area contributed by atoms with Gasteiger partial charge in [-0.25, -0.2) is 0 Å². The number of carbonyl (C=O) groups excluding carboxylic acids is 2. The Labute approximate surface area is 143 Å².